The van der Waals surface area contributed by atoms with Crippen LogP contribution in [0.15, 0.2) is 21.4 Å². The van der Waals surface area contributed by atoms with E-state index in [-0.39, 0.29) is 5.69 Å². The third-order valence-electron chi connectivity index (χ3n) is 4.65. The second kappa shape index (κ2) is 6.36. The zero-order valence-corrected chi connectivity index (χ0v) is 13.9. The molecule has 0 bridgehead atoms. The van der Waals surface area contributed by atoms with Crippen LogP contribution in [0.4, 0.5) is 0 Å². The van der Waals surface area contributed by atoms with Crippen LogP contribution in [0.2, 0.25) is 0 Å². The Hall–Kier alpha value is -1.07. The first-order valence-corrected chi connectivity index (χ1v) is 8.57. The van der Waals surface area contributed by atoms with Gasteiger partial charge < -0.3 is 15.3 Å². The second-order valence-corrected chi connectivity index (χ2v) is 6.87. The molecular formula is C16H22BrN3O. The zero-order valence-electron chi connectivity index (χ0n) is 12.3. The van der Waals surface area contributed by atoms with Crippen LogP contribution in [-0.2, 0) is 0 Å². The Bertz CT molecular complexity index is 668. The van der Waals surface area contributed by atoms with Gasteiger partial charge >= 0.3 is 5.69 Å². The summed E-state index contributed by atoms with van der Waals surface area (Å²) in [5.74, 6) is 0.664. The van der Waals surface area contributed by atoms with Crippen molar-refractivity contribution in [2.75, 3.05) is 7.05 Å². The highest BCUT2D eigenvalue weighted by atomic mass is 79.9. The first-order chi connectivity index (χ1) is 10.2. The van der Waals surface area contributed by atoms with E-state index in [2.05, 4.69) is 37.3 Å². The van der Waals surface area contributed by atoms with Gasteiger partial charge in [-0.15, -0.1) is 0 Å². The molecule has 3 N–H and O–H groups in total. The summed E-state index contributed by atoms with van der Waals surface area (Å²) in [7, 11) is 2.03. The van der Waals surface area contributed by atoms with Crippen LogP contribution in [0.3, 0.4) is 0 Å². The van der Waals surface area contributed by atoms with Crippen LogP contribution < -0.4 is 11.0 Å². The van der Waals surface area contributed by atoms with E-state index < -0.39 is 0 Å². The molecule has 0 spiro atoms. The average molecular weight is 352 g/mol. The molecule has 1 aliphatic rings. The highest BCUT2D eigenvalue weighted by Crippen LogP contribution is 2.37. The molecule has 3 rings (SSSR count). The molecule has 4 nitrogen and oxygen atoms in total. The molecule has 0 amide bonds. The van der Waals surface area contributed by atoms with Crippen molar-refractivity contribution in [3.63, 3.8) is 0 Å². The average Bonchev–Trinajstić information content (AvgIpc) is 2.66. The molecule has 1 saturated carbocycles. The van der Waals surface area contributed by atoms with Crippen molar-refractivity contribution in [1.82, 2.24) is 15.3 Å². The number of H-pyrrole nitrogens is 2. The van der Waals surface area contributed by atoms with E-state index in [0.29, 0.717) is 12.0 Å². The van der Waals surface area contributed by atoms with Crippen LogP contribution in [0.1, 0.15) is 50.1 Å². The van der Waals surface area contributed by atoms with Gasteiger partial charge in [0.1, 0.15) is 0 Å². The van der Waals surface area contributed by atoms with Gasteiger partial charge in [-0.1, -0.05) is 41.6 Å². The second-order valence-electron chi connectivity index (χ2n) is 6.02. The van der Waals surface area contributed by atoms with Crippen molar-refractivity contribution < 1.29 is 0 Å². The van der Waals surface area contributed by atoms with E-state index in [0.717, 1.165) is 15.5 Å². The molecule has 1 heterocycles. The van der Waals surface area contributed by atoms with Crippen molar-refractivity contribution in [3.8, 4) is 0 Å². The van der Waals surface area contributed by atoms with Crippen molar-refractivity contribution in [1.29, 1.82) is 0 Å². The van der Waals surface area contributed by atoms with Crippen LogP contribution >= 0.6 is 15.9 Å². The van der Waals surface area contributed by atoms with E-state index in [1.807, 2.05) is 13.1 Å². The van der Waals surface area contributed by atoms with E-state index in [1.165, 1.54) is 44.1 Å². The number of nitrogens with one attached hydrogen (secondary N) is 3. The third-order valence-corrected chi connectivity index (χ3v) is 5.34. The Labute approximate surface area is 132 Å². The lowest BCUT2D eigenvalue weighted by Crippen LogP contribution is -2.25. The summed E-state index contributed by atoms with van der Waals surface area (Å²) in [5, 5.41) is 3.50. The predicted octanol–water partition coefficient (Wildman–Crippen LogP) is 3.85. The largest absolute Gasteiger partial charge is 0.323 e. The molecule has 0 saturated heterocycles. The van der Waals surface area contributed by atoms with E-state index in [4.69, 9.17) is 0 Å². The van der Waals surface area contributed by atoms with E-state index >= 15 is 0 Å². The number of hydrogen-bond acceptors (Lipinski definition) is 2. The minimum Gasteiger partial charge on any atom is -0.313 e. The van der Waals surface area contributed by atoms with Crippen molar-refractivity contribution in [2.24, 2.45) is 5.92 Å². The summed E-state index contributed by atoms with van der Waals surface area (Å²) in [5.41, 5.74) is 2.83. The first-order valence-electron chi connectivity index (χ1n) is 7.77. The smallest absolute Gasteiger partial charge is 0.313 e. The van der Waals surface area contributed by atoms with Gasteiger partial charge in [0.25, 0.3) is 0 Å². The highest BCUT2D eigenvalue weighted by molar-refractivity contribution is 9.10. The summed E-state index contributed by atoms with van der Waals surface area (Å²) in [6.07, 6.45) is 7.92. The molecule has 114 valence electrons. The van der Waals surface area contributed by atoms with Crippen molar-refractivity contribution in [2.45, 2.75) is 44.6 Å². The molecule has 1 unspecified atom stereocenters. The molecule has 2 aromatic rings. The molecule has 1 atom stereocenters. The fourth-order valence-electron chi connectivity index (χ4n) is 3.60. The Morgan fingerprint density at radius 2 is 1.76 bits per heavy atom. The number of rotatable bonds is 3. The van der Waals surface area contributed by atoms with Crippen LogP contribution in [0, 0.1) is 5.92 Å². The molecule has 1 aromatic carbocycles. The summed E-state index contributed by atoms with van der Waals surface area (Å²) in [6.45, 7) is 0. The summed E-state index contributed by atoms with van der Waals surface area (Å²) in [6, 6.07) is 4.44. The fourth-order valence-corrected chi connectivity index (χ4v) is 4.19. The summed E-state index contributed by atoms with van der Waals surface area (Å²) >= 11 is 3.68. The maximum atomic E-state index is 11.5. The molecule has 0 aliphatic heterocycles. The number of benzene rings is 1. The van der Waals surface area contributed by atoms with Gasteiger partial charge in [0.2, 0.25) is 0 Å². The number of aromatic nitrogens is 2. The molecule has 1 aliphatic carbocycles. The lowest BCUT2D eigenvalue weighted by molar-refractivity contribution is 0.341. The van der Waals surface area contributed by atoms with Crippen LogP contribution in [-0.4, -0.2) is 17.0 Å². The molecular weight excluding hydrogens is 330 g/mol. The summed E-state index contributed by atoms with van der Waals surface area (Å²) in [4.78, 5) is 17.1. The number of halogens is 1. The molecule has 21 heavy (non-hydrogen) atoms. The number of imidazole rings is 1. The molecule has 5 heteroatoms. The van der Waals surface area contributed by atoms with Gasteiger partial charge in [0.15, 0.2) is 0 Å². The lowest BCUT2D eigenvalue weighted by atomic mass is 9.87. The molecule has 0 radical (unpaired) electrons. The van der Waals surface area contributed by atoms with Crippen LogP contribution in [0.5, 0.6) is 0 Å². The molecule has 1 fully saturated rings. The number of fused-ring (bicyclic) bond motifs is 1. The molecule has 1 aromatic heterocycles. The lowest BCUT2D eigenvalue weighted by Gasteiger charge is -2.27. The van der Waals surface area contributed by atoms with Gasteiger partial charge in [0, 0.05) is 10.5 Å². The number of hydrogen-bond donors (Lipinski definition) is 3. The topological polar surface area (TPSA) is 60.7 Å². The standard InChI is InChI=1S/C16H22BrN3O/c1-18-15(10-6-4-2-3-5-7-10)11-8-13-14(9-12(11)17)20-16(21)19-13/h8-10,15,18H,2-7H2,1H3,(H2,19,20,21). The first kappa shape index (κ1) is 14.9. The van der Waals surface area contributed by atoms with E-state index in [1.54, 1.807) is 0 Å². The van der Waals surface area contributed by atoms with E-state index in [9.17, 15) is 4.79 Å². The van der Waals surface area contributed by atoms with Crippen molar-refractivity contribution in [3.05, 3.63) is 32.7 Å². The van der Waals surface area contributed by atoms with Gasteiger partial charge in [-0.25, -0.2) is 4.79 Å². The SMILES string of the molecule is CNC(c1cc2[nH]c(=O)[nH]c2cc1Br)C1CCCCCC1. The van der Waals surface area contributed by atoms with Gasteiger partial charge in [-0.05, 0) is 43.5 Å². The quantitative estimate of drug-likeness (QED) is 0.735. The summed E-state index contributed by atoms with van der Waals surface area (Å²) < 4.78 is 1.06. The Balaban J connectivity index is 1.98. The van der Waals surface area contributed by atoms with Crippen molar-refractivity contribution >= 4 is 27.0 Å². The monoisotopic (exact) mass is 351 g/mol. The maximum Gasteiger partial charge on any atom is 0.323 e. The minimum atomic E-state index is -0.149. The highest BCUT2D eigenvalue weighted by Gasteiger charge is 2.25. The third kappa shape index (κ3) is 3.09. The minimum absolute atomic E-state index is 0.149. The van der Waals surface area contributed by atoms with Gasteiger partial charge in [-0.3, -0.25) is 0 Å². The number of aromatic amines is 2. The zero-order chi connectivity index (χ0) is 14.8. The normalized spacial score (nSPS) is 18.8. The van der Waals surface area contributed by atoms with Crippen LogP contribution in [0.25, 0.3) is 11.0 Å². The Kier molecular flexibility index (Phi) is 4.50. The van der Waals surface area contributed by atoms with Gasteiger partial charge in [-0.2, -0.15) is 0 Å². The van der Waals surface area contributed by atoms with Gasteiger partial charge in [0.05, 0.1) is 11.0 Å². The Morgan fingerprint density at radius 1 is 1.14 bits per heavy atom. The Morgan fingerprint density at radius 3 is 2.38 bits per heavy atom. The fraction of sp³-hybridized carbons (Fsp3) is 0.562. The maximum absolute atomic E-state index is 11.5. The predicted molar refractivity (Wildman–Crippen MR) is 89.6 cm³/mol.